The van der Waals surface area contributed by atoms with E-state index in [1.807, 2.05) is 6.07 Å². The molecule has 1 N–H and O–H groups in total. The minimum absolute atomic E-state index is 0.449. The van der Waals surface area contributed by atoms with Crippen molar-refractivity contribution in [3.8, 4) is 0 Å². The number of methoxy groups -OCH3 is 1. The van der Waals surface area contributed by atoms with Crippen LogP contribution in [-0.2, 0) is 9.53 Å². The number of fused-ring (bicyclic) bond motifs is 1. The third-order valence-corrected chi connectivity index (χ3v) is 4.78. The van der Waals surface area contributed by atoms with Crippen LogP contribution in [0.3, 0.4) is 0 Å². The molecule has 1 saturated heterocycles. The van der Waals surface area contributed by atoms with E-state index in [9.17, 15) is 9.59 Å². The van der Waals surface area contributed by atoms with Crippen LogP contribution in [0, 0.1) is 5.92 Å². The average Bonchev–Trinajstić information content (AvgIpc) is 2.75. The van der Waals surface area contributed by atoms with Gasteiger partial charge in [-0.2, -0.15) is 0 Å². The van der Waals surface area contributed by atoms with Gasteiger partial charge in [0.25, 0.3) is 11.7 Å². The van der Waals surface area contributed by atoms with Crippen LogP contribution in [-0.4, -0.2) is 38.5 Å². The highest BCUT2D eigenvalue weighted by Gasteiger charge is 2.30. The van der Waals surface area contributed by atoms with Gasteiger partial charge in [-0.1, -0.05) is 0 Å². The van der Waals surface area contributed by atoms with E-state index in [4.69, 9.17) is 4.74 Å². The summed E-state index contributed by atoms with van der Waals surface area (Å²) in [7, 11) is 1.74. The van der Waals surface area contributed by atoms with Crippen LogP contribution in [0.1, 0.15) is 23.2 Å². The molecule has 0 aromatic heterocycles. The van der Waals surface area contributed by atoms with Crippen molar-refractivity contribution < 1.29 is 14.3 Å². The number of amides is 1. The molecule has 1 aromatic carbocycles. The van der Waals surface area contributed by atoms with Crippen molar-refractivity contribution >= 4 is 39.0 Å². The van der Waals surface area contributed by atoms with Crippen molar-refractivity contribution in [2.45, 2.75) is 12.8 Å². The van der Waals surface area contributed by atoms with Crippen molar-refractivity contribution in [1.29, 1.82) is 0 Å². The van der Waals surface area contributed by atoms with E-state index in [0.29, 0.717) is 17.2 Å². The number of piperidine rings is 1. The van der Waals surface area contributed by atoms with Crippen LogP contribution in [0.15, 0.2) is 16.6 Å². The summed E-state index contributed by atoms with van der Waals surface area (Å²) in [6, 6.07) is 3.63. The van der Waals surface area contributed by atoms with Crippen LogP contribution in [0.5, 0.6) is 0 Å². The van der Waals surface area contributed by atoms with Crippen LogP contribution in [0.25, 0.3) is 0 Å². The normalized spacial score (nSPS) is 18.9. The van der Waals surface area contributed by atoms with E-state index in [1.54, 1.807) is 13.2 Å². The van der Waals surface area contributed by atoms with E-state index < -0.39 is 11.7 Å². The maximum absolute atomic E-state index is 11.7. The molecule has 0 unspecified atom stereocenters. The minimum atomic E-state index is -0.548. The topological polar surface area (TPSA) is 58.6 Å². The monoisotopic (exact) mass is 352 g/mol. The van der Waals surface area contributed by atoms with Gasteiger partial charge in [0.1, 0.15) is 0 Å². The number of hydrogen-bond acceptors (Lipinski definition) is 4. The molecule has 1 fully saturated rings. The minimum Gasteiger partial charge on any atom is -0.384 e. The van der Waals surface area contributed by atoms with Crippen LogP contribution in [0.4, 0.5) is 11.4 Å². The zero-order valence-electron chi connectivity index (χ0n) is 11.8. The van der Waals surface area contributed by atoms with E-state index >= 15 is 0 Å². The summed E-state index contributed by atoms with van der Waals surface area (Å²) in [5.74, 6) is -0.398. The number of hydrogen-bond donors (Lipinski definition) is 1. The van der Waals surface area contributed by atoms with E-state index in [-0.39, 0.29) is 0 Å². The number of anilines is 2. The van der Waals surface area contributed by atoms with Crippen LogP contribution < -0.4 is 10.2 Å². The smallest absolute Gasteiger partial charge is 0.296 e. The predicted octanol–water partition coefficient (Wildman–Crippen LogP) is 2.45. The third kappa shape index (κ3) is 2.70. The number of Topliss-reactive ketones (excluding diaryl/α,β-unsaturated/α-hetero) is 1. The van der Waals surface area contributed by atoms with Gasteiger partial charge in [0.2, 0.25) is 0 Å². The van der Waals surface area contributed by atoms with Crippen molar-refractivity contribution in [1.82, 2.24) is 0 Å². The molecule has 2 heterocycles. The summed E-state index contributed by atoms with van der Waals surface area (Å²) < 4.78 is 6.08. The van der Waals surface area contributed by atoms with Crippen LogP contribution in [0.2, 0.25) is 0 Å². The first-order chi connectivity index (χ1) is 10.1. The number of ether oxygens (including phenoxy) is 1. The summed E-state index contributed by atoms with van der Waals surface area (Å²) in [6.07, 6.45) is 2.17. The molecule has 0 radical (unpaired) electrons. The highest BCUT2D eigenvalue weighted by molar-refractivity contribution is 9.10. The molecular formula is C15H17BrN2O3. The van der Waals surface area contributed by atoms with E-state index in [0.717, 1.165) is 42.7 Å². The highest BCUT2D eigenvalue weighted by atomic mass is 79.9. The number of carbonyl (C=O) groups is 2. The predicted molar refractivity (Wildman–Crippen MR) is 83.9 cm³/mol. The Hall–Kier alpha value is -1.40. The summed E-state index contributed by atoms with van der Waals surface area (Å²) in [5.41, 5.74) is 2.09. The molecule has 0 bridgehead atoms. The molecule has 0 atom stereocenters. The third-order valence-electron chi connectivity index (χ3n) is 4.14. The molecule has 2 aliphatic rings. The Morgan fingerprint density at radius 1 is 1.33 bits per heavy atom. The van der Waals surface area contributed by atoms with Crippen molar-refractivity contribution in [2.24, 2.45) is 5.92 Å². The van der Waals surface area contributed by atoms with Crippen molar-refractivity contribution in [2.75, 3.05) is 37.0 Å². The van der Waals surface area contributed by atoms with Gasteiger partial charge in [0.05, 0.1) is 16.9 Å². The second kappa shape index (κ2) is 5.77. The number of benzene rings is 1. The van der Waals surface area contributed by atoms with Gasteiger partial charge in [0.15, 0.2) is 0 Å². The van der Waals surface area contributed by atoms with Gasteiger partial charge < -0.3 is 15.0 Å². The number of ketones is 1. The summed E-state index contributed by atoms with van der Waals surface area (Å²) >= 11 is 3.52. The second-order valence-corrected chi connectivity index (χ2v) is 6.37. The quantitative estimate of drug-likeness (QED) is 0.848. The molecule has 0 saturated carbocycles. The molecule has 6 heteroatoms. The fourth-order valence-electron chi connectivity index (χ4n) is 2.97. The lowest BCUT2D eigenvalue weighted by Crippen LogP contribution is -2.35. The van der Waals surface area contributed by atoms with Gasteiger partial charge in [-0.25, -0.2) is 0 Å². The Kier molecular flexibility index (Phi) is 3.99. The van der Waals surface area contributed by atoms with Gasteiger partial charge >= 0.3 is 0 Å². The lowest BCUT2D eigenvalue weighted by molar-refractivity contribution is -0.112. The number of halogens is 1. The number of rotatable bonds is 3. The summed E-state index contributed by atoms with van der Waals surface area (Å²) in [6.45, 7) is 2.71. The fraction of sp³-hybridized carbons (Fsp3) is 0.467. The van der Waals surface area contributed by atoms with Gasteiger partial charge in [-0.15, -0.1) is 0 Å². The van der Waals surface area contributed by atoms with Crippen LogP contribution >= 0.6 is 15.9 Å². The maximum Gasteiger partial charge on any atom is 0.296 e. The molecular weight excluding hydrogens is 336 g/mol. The van der Waals surface area contributed by atoms with Crippen molar-refractivity contribution in [3.05, 3.63) is 22.2 Å². The SMILES string of the molecule is COCC1CCN(c2cc3c(cc2Br)C(=O)C(=O)N3)CC1. The Morgan fingerprint density at radius 2 is 2.05 bits per heavy atom. The first kappa shape index (κ1) is 14.5. The van der Waals surface area contributed by atoms with Gasteiger partial charge in [0, 0.05) is 31.3 Å². The Balaban J connectivity index is 1.80. The number of nitrogens with one attached hydrogen (secondary N) is 1. The van der Waals surface area contributed by atoms with Crippen molar-refractivity contribution in [3.63, 3.8) is 0 Å². The molecule has 5 nitrogen and oxygen atoms in total. The molecule has 112 valence electrons. The summed E-state index contributed by atoms with van der Waals surface area (Å²) in [4.78, 5) is 25.4. The highest BCUT2D eigenvalue weighted by Crippen LogP contribution is 2.36. The standard InChI is InChI=1S/C15H17BrN2O3/c1-21-8-9-2-4-18(5-3-9)13-7-12-10(6-11(13)16)14(19)15(20)17-12/h6-7,9H,2-5,8H2,1H3,(H,17,19,20). The van der Waals surface area contributed by atoms with Gasteiger partial charge in [-0.05, 0) is 46.8 Å². The number of carbonyl (C=O) groups excluding carboxylic acids is 2. The average molecular weight is 353 g/mol. The zero-order valence-corrected chi connectivity index (χ0v) is 13.4. The largest absolute Gasteiger partial charge is 0.384 e. The molecule has 0 aliphatic carbocycles. The van der Waals surface area contributed by atoms with E-state index in [2.05, 4.69) is 26.1 Å². The maximum atomic E-state index is 11.7. The Bertz CT molecular complexity index is 595. The van der Waals surface area contributed by atoms with Gasteiger partial charge in [-0.3, -0.25) is 9.59 Å². The molecule has 0 spiro atoms. The summed E-state index contributed by atoms with van der Waals surface area (Å²) in [5, 5.41) is 2.63. The van der Waals surface area contributed by atoms with E-state index in [1.165, 1.54) is 0 Å². The first-order valence-electron chi connectivity index (χ1n) is 7.03. The fourth-order valence-corrected chi connectivity index (χ4v) is 3.57. The molecule has 3 rings (SSSR count). The lowest BCUT2D eigenvalue weighted by Gasteiger charge is -2.34. The first-order valence-corrected chi connectivity index (χ1v) is 7.82. The molecule has 1 aromatic rings. The second-order valence-electron chi connectivity index (χ2n) is 5.52. The molecule has 2 aliphatic heterocycles. The molecule has 1 amide bonds. The Labute approximate surface area is 131 Å². The lowest BCUT2D eigenvalue weighted by atomic mass is 9.97. The Morgan fingerprint density at radius 3 is 2.71 bits per heavy atom. The number of nitrogens with zero attached hydrogens (tertiary/aromatic N) is 1. The zero-order chi connectivity index (χ0) is 15.0. The molecule has 21 heavy (non-hydrogen) atoms.